The van der Waals surface area contributed by atoms with Crippen molar-refractivity contribution in [1.29, 1.82) is 0 Å². The summed E-state index contributed by atoms with van der Waals surface area (Å²) in [4.78, 5) is 11.6. The number of furan rings is 1. The van der Waals surface area contributed by atoms with E-state index in [-0.39, 0.29) is 24.9 Å². The first-order valence-corrected chi connectivity index (χ1v) is 6.99. The fourth-order valence-corrected chi connectivity index (χ4v) is 1.79. The molecule has 2 N–H and O–H groups in total. The van der Waals surface area contributed by atoms with Gasteiger partial charge < -0.3 is 19.6 Å². The lowest BCUT2D eigenvalue weighted by atomic mass is 10.2. The van der Waals surface area contributed by atoms with E-state index in [1.807, 2.05) is 0 Å². The maximum atomic E-state index is 12.7. The van der Waals surface area contributed by atoms with Gasteiger partial charge in [0.05, 0.1) is 6.26 Å². The van der Waals surface area contributed by atoms with E-state index in [1.54, 1.807) is 18.4 Å². The van der Waals surface area contributed by atoms with Gasteiger partial charge in [-0.2, -0.15) is 0 Å². The van der Waals surface area contributed by atoms with Gasteiger partial charge in [-0.25, -0.2) is 4.39 Å². The molecule has 0 saturated carbocycles. The summed E-state index contributed by atoms with van der Waals surface area (Å²) in [5, 5.41) is 12.4. The van der Waals surface area contributed by atoms with Gasteiger partial charge in [0.1, 0.15) is 30.0 Å². The van der Waals surface area contributed by atoms with E-state index in [9.17, 15) is 14.3 Å². The van der Waals surface area contributed by atoms with Crippen molar-refractivity contribution in [2.45, 2.75) is 18.9 Å². The smallest absolute Gasteiger partial charge is 0.220 e. The van der Waals surface area contributed by atoms with Gasteiger partial charge in [-0.1, -0.05) is 0 Å². The first-order valence-electron chi connectivity index (χ1n) is 6.99. The lowest BCUT2D eigenvalue weighted by molar-refractivity contribution is -0.121. The zero-order valence-corrected chi connectivity index (χ0v) is 12.0. The summed E-state index contributed by atoms with van der Waals surface area (Å²) < 4.78 is 23.1. The third kappa shape index (κ3) is 5.57. The maximum absolute atomic E-state index is 12.7. The van der Waals surface area contributed by atoms with E-state index in [2.05, 4.69) is 5.32 Å². The van der Waals surface area contributed by atoms with Crippen LogP contribution in [0.15, 0.2) is 47.1 Å². The molecule has 0 aliphatic heterocycles. The average Bonchev–Trinajstić information content (AvgIpc) is 3.04. The highest BCUT2D eigenvalue weighted by Crippen LogP contribution is 2.11. The van der Waals surface area contributed by atoms with Gasteiger partial charge >= 0.3 is 0 Å². The third-order valence-electron chi connectivity index (χ3n) is 2.97. The van der Waals surface area contributed by atoms with Gasteiger partial charge in [-0.05, 0) is 36.4 Å². The largest absolute Gasteiger partial charge is 0.491 e. The number of hydrogen-bond donors (Lipinski definition) is 2. The minimum Gasteiger partial charge on any atom is -0.491 e. The summed E-state index contributed by atoms with van der Waals surface area (Å²) in [6, 6.07) is 9.08. The monoisotopic (exact) mass is 307 g/mol. The molecule has 1 heterocycles. The number of hydrogen-bond acceptors (Lipinski definition) is 4. The second-order valence-corrected chi connectivity index (χ2v) is 4.80. The second kappa shape index (κ2) is 8.19. The number of aliphatic hydroxyl groups is 1. The predicted molar refractivity (Wildman–Crippen MR) is 77.9 cm³/mol. The van der Waals surface area contributed by atoms with Crippen LogP contribution in [0.5, 0.6) is 5.75 Å². The third-order valence-corrected chi connectivity index (χ3v) is 2.97. The highest BCUT2D eigenvalue weighted by Gasteiger charge is 2.09. The molecule has 1 atom stereocenters. The number of amides is 1. The first kappa shape index (κ1) is 16.0. The summed E-state index contributed by atoms with van der Waals surface area (Å²) in [5.74, 6) is 0.689. The molecule has 2 aromatic rings. The highest BCUT2D eigenvalue weighted by molar-refractivity contribution is 5.76. The van der Waals surface area contributed by atoms with Gasteiger partial charge in [-0.3, -0.25) is 4.79 Å². The van der Waals surface area contributed by atoms with Crippen LogP contribution in [0.4, 0.5) is 4.39 Å². The lowest BCUT2D eigenvalue weighted by Gasteiger charge is -2.13. The van der Waals surface area contributed by atoms with Crippen LogP contribution < -0.4 is 10.1 Å². The SMILES string of the molecule is O=C(CCc1ccco1)NCC(O)COc1ccc(F)cc1. The second-order valence-electron chi connectivity index (χ2n) is 4.80. The number of halogens is 1. The standard InChI is InChI=1S/C16H18FNO4/c17-12-3-5-15(6-4-12)22-11-13(19)10-18-16(20)8-7-14-2-1-9-21-14/h1-6,9,13,19H,7-8,10-11H2,(H,18,20). The van der Waals surface area contributed by atoms with E-state index < -0.39 is 6.10 Å². The lowest BCUT2D eigenvalue weighted by Crippen LogP contribution is -2.35. The van der Waals surface area contributed by atoms with Gasteiger partial charge in [0.2, 0.25) is 5.91 Å². The Morgan fingerprint density at radius 1 is 1.32 bits per heavy atom. The Hall–Kier alpha value is -2.34. The molecular formula is C16H18FNO4. The number of benzene rings is 1. The Labute approximate surface area is 127 Å². The molecule has 1 amide bonds. The molecule has 1 aromatic carbocycles. The highest BCUT2D eigenvalue weighted by atomic mass is 19.1. The minimum absolute atomic E-state index is 0.0180. The van der Waals surface area contributed by atoms with Crippen LogP contribution in [0.3, 0.4) is 0 Å². The van der Waals surface area contributed by atoms with Gasteiger partial charge in [0, 0.05) is 19.4 Å². The Morgan fingerprint density at radius 2 is 2.09 bits per heavy atom. The van der Waals surface area contributed by atoms with Crippen LogP contribution in [0.25, 0.3) is 0 Å². The normalized spacial score (nSPS) is 11.9. The summed E-state index contributed by atoms with van der Waals surface area (Å²) in [6.45, 7) is 0.113. The molecule has 0 radical (unpaired) electrons. The number of rotatable bonds is 8. The Balaban J connectivity index is 1.61. The number of nitrogens with one attached hydrogen (secondary N) is 1. The average molecular weight is 307 g/mol. The molecule has 0 bridgehead atoms. The first-order chi connectivity index (χ1) is 10.6. The topological polar surface area (TPSA) is 71.7 Å². The number of carbonyl (C=O) groups is 1. The van der Waals surface area contributed by atoms with E-state index in [4.69, 9.17) is 9.15 Å². The predicted octanol–water partition coefficient (Wildman–Crippen LogP) is 1.91. The van der Waals surface area contributed by atoms with Crippen molar-refractivity contribution in [1.82, 2.24) is 5.32 Å². The molecule has 118 valence electrons. The van der Waals surface area contributed by atoms with Crippen molar-refractivity contribution in [3.63, 3.8) is 0 Å². The molecule has 22 heavy (non-hydrogen) atoms. The molecule has 0 aliphatic carbocycles. The summed E-state index contributed by atoms with van der Waals surface area (Å²) in [6.07, 6.45) is 1.53. The fraction of sp³-hybridized carbons (Fsp3) is 0.312. The molecule has 0 aliphatic rings. The fourth-order valence-electron chi connectivity index (χ4n) is 1.79. The number of carbonyl (C=O) groups excluding carboxylic acids is 1. The van der Waals surface area contributed by atoms with Crippen LogP contribution in [-0.2, 0) is 11.2 Å². The van der Waals surface area contributed by atoms with Crippen molar-refractivity contribution in [3.05, 3.63) is 54.2 Å². The summed E-state index contributed by atoms with van der Waals surface area (Å²) >= 11 is 0. The summed E-state index contributed by atoms with van der Waals surface area (Å²) in [7, 11) is 0. The summed E-state index contributed by atoms with van der Waals surface area (Å²) in [5.41, 5.74) is 0. The molecule has 0 saturated heterocycles. The van der Waals surface area contributed by atoms with E-state index >= 15 is 0 Å². The van der Waals surface area contributed by atoms with Gasteiger partial charge in [0.15, 0.2) is 0 Å². The number of aliphatic hydroxyl groups excluding tert-OH is 1. The maximum Gasteiger partial charge on any atom is 0.220 e. The van der Waals surface area contributed by atoms with Gasteiger partial charge in [0.25, 0.3) is 0 Å². The van der Waals surface area contributed by atoms with Crippen molar-refractivity contribution in [3.8, 4) is 5.75 Å². The molecule has 5 nitrogen and oxygen atoms in total. The Morgan fingerprint density at radius 3 is 2.77 bits per heavy atom. The van der Waals surface area contributed by atoms with E-state index in [0.29, 0.717) is 18.6 Å². The number of aryl methyl sites for hydroxylation is 1. The number of ether oxygens (including phenoxy) is 1. The van der Waals surface area contributed by atoms with Crippen LogP contribution >= 0.6 is 0 Å². The Bertz CT molecular complexity index is 568. The molecule has 6 heteroatoms. The molecule has 0 fully saturated rings. The Kier molecular flexibility index (Phi) is 5.97. The van der Waals surface area contributed by atoms with Crippen LogP contribution in [0.1, 0.15) is 12.2 Å². The minimum atomic E-state index is -0.836. The molecule has 1 unspecified atom stereocenters. The quantitative estimate of drug-likeness (QED) is 0.781. The van der Waals surface area contributed by atoms with Crippen LogP contribution in [0, 0.1) is 5.82 Å². The zero-order chi connectivity index (χ0) is 15.8. The van der Waals surface area contributed by atoms with Crippen molar-refractivity contribution < 1.29 is 23.4 Å². The molecule has 2 rings (SSSR count). The van der Waals surface area contributed by atoms with E-state index in [1.165, 1.54) is 24.3 Å². The van der Waals surface area contributed by atoms with Crippen molar-refractivity contribution in [2.75, 3.05) is 13.2 Å². The zero-order valence-electron chi connectivity index (χ0n) is 12.0. The molecular weight excluding hydrogens is 289 g/mol. The van der Waals surface area contributed by atoms with Crippen LogP contribution in [0.2, 0.25) is 0 Å². The van der Waals surface area contributed by atoms with E-state index in [0.717, 1.165) is 5.76 Å². The molecule has 0 spiro atoms. The van der Waals surface area contributed by atoms with Crippen molar-refractivity contribution in [2.24, 2.45) is 0 Å². The molecule has 1 aromatic heterocycles. The van der Waals surface area contributed by atoms with Crippen LogP contribution in [-0.4, -0.2) is 30.3 Å². The van der Waals surface area contributed by atoms with Crippen molar-refractivity contribution >= 4 is 5.91 Å². The van der Waals surface area contributed by atoms with Gasteiger partial charge in [-0.15, -0.1) is 0 Å².